The summed E-state index contributed by atoms with van der Waals surface area (Å²) in [5.74, 6) is -0.747. The van der Waals surface area contributed by atoms with Crippen LogP contribution in [0.1, 0.15) is 22.8 Å². The van der Waals surface area contributed by atoms with Crippen molar-refractivity contribution < 1.29 is 24.2 Å². The molecule has 3 aromatic carbocycles. The monoisotopic (exact) mass is 468 g/mol. The first-order valence-corrected chi connectivity index (χ1v) is 11.3. The third-order valence-corrected chi connectivity index (χ3v) is 6.09. The number of aliphatic hydroxyl groups is 1. The highest BCUT2D eigenvalue weighted by Crippen LogP contribution is 2.36. The van der Waals surface area contributed by atoms with Crippen LogP contribution in [0.3, 0.4) is 0 Å². The quantitative estimate of drug-likeness (QED) is 0.312. The topological polar surface area (TPSA) is 88.4 Å². The van der Waals surface area contributed by atoms with E-state index in [0.717, 1.165) is 16.7 Å². The van der Waals surface area contributed by atoms with Crippen molar-refractivity contribution in [3.63, 3.8) is 0 Å². The summed E-state index contributed by atoms with van der Waals surface area (Å²) in [5.41, 5.74) is 2.43. The molecule has 1 saturated heterocycles. The average molecular weight is 469 g/mol. The minimum atomic E-state index is -1.21. The fourth-order valence-electron chi connectivity index (χ4n) is 4.31. The zero-order chi connectivity index (χ0) is 24.4. The largest absolute Gasteiger partial charge is 0.451 e. The number of hydrogen-bond acceptors (Lipinski definition) is 6. The van der Waals surface area contributed by atoms with Gasteiger partial charge >= 0.3 is 5.97 Å². The number of carbonyl (C=O) groups excluding carboxylic acids is 2. The van der Waals surface area contributed by atoms with Crippen LogP contribution < -0.4 is 0 Å². The maximum Gasteiger partial charge on any atom is 0.334 e. The van der Waals surface area contributed by atoms with Gasteiger partial charge in [-0.15, -0.1) is 0 Å². The predicted molar refractivity (Wildman–Crippen MR) is 129 cm³/mol. The molecule has 3 aromatic rings. The molecule has 2 aliphatic rings. The molecule has 0 saturated carbocycles. The number of β-lactam (4-membered cyclic amide) rings is 1. The molecule has 0 bridgehead atoms. The minimum Gasteiger partial charge on any atom is -0.451 e. The number of benzene rings is 3. The average Bonchev–Trinajstić information content (AvgIpc) is 3.31. The first-order valence-electron chi connectivity index (χ1n) is 11.3. The van der Waals surface area contributed by atoms with Crippen molar-refractivity contribution in [2.45, 2.75) is 24.4 Å². The Kier molecular flexibility index (Phi) is 6.16. The smallest absolute Gasteiger partial charge is 0.334 e. The van der Waals surface area contributed by atoms with Crippen molar-refractivity contribution in [2.75, 3.05) is 6.61 Å². The maximum atomic E-state index is 13.5. The molecule has 176 valence electrons. The van der Waals surface area contributed by atoms with Crippen LogP contribution in [-0.2, 0) is 19.1 Å². The number of aliphatic imine (C=N–C) groups is 1. The lowest BCUT2D eigenvalue weighted by molar-refractivity contribution is -0.179. The summed E-state index contributed by atoms with van der Waals surface area (Å²) in [6.07, 6.45) is -1.47. The molecule has 3 atom stereocenters. The van der Waals surface area contributed by atoms with Gasteiger partial charge in [0.1, 0.15) is 0 Å². The standard InChI is InChI=1S/C28H24N2O5/c1-18(17-31)23(30-26(32)22-27(30)35-25(29-22)21-15-9-4-10-16-21)28(33)34-24(19-11-5-2-6-12-19)20-13-7-3-8-14-20/h2-16,22-24,27,31H,1,17H2/t22-,23?,27-/m1/s1. The summed E-state index contributed by atoms with van der Waals surface area (Å²) < 4.78 is 11.9. The van der Waals surface area contributed by atoms with Crippen molar-refractivity contribution in [1.82, 2.24) is 4.90 Å². The van der Waals surface area contributed by atoms with E-state index in [0.29, 0.717) is 5.90 Å². The van der Waals surface area contributed by atoms with Gasteiger partial charge in [-0.05, 0) is 28.8 Å². The number of carbonyl (C=O) groups is 2. The minimum absolute atomic E-state index is 0.137. The molecule has 0 aliphatic carbocycles. The first-order chi connectivity index (χ1) is 17.1. The molecular weight excluding hydrogens is 444 g/mol. The third-order valence-electron chi connectivity index (χ3n) is 6.09. The van der Waals surface area contributed by atoms with E-state index in [1.165, 1.54) is 4.90 Å². The number of likely N-dealkylation sites (tertiary alicyclic amines) is 1. The number of rotatable bonds is 8. The summed E-state index contributed by atoms with van der Waals surface area (Å²) in [6, 6.07) is 26.0. The van der Waals surface area contributed by atoms with Crippen LogP contribution in [0.4, 0.5) is 0 Å². The van der Waals surface area contributed by atoms with Crippen LogP contribution in [0.5, 0.6) is 0 Å². The van der Waals surface area contributed by atoms with Crippen molar-refractivity contribution >= 4 is 17.8 Å². The Morgan fingerprint density at radius 3 is 2.06 bits per heavy atom. The molecule has 35 heavy (non-hydrogen) atoms. The number of hydrogen-bond donors (Lipinski definition) is 1. The van der Waals surface area contributed by atoms with Crippen LogP contribution in [-0.4, -0.2) is 52.7 Å². The second-order valence-corrected chi connectivity index (χ2v) is 8.36. The number of esters is 1. The molecule has 0 aromatic heterocycles. The molecule has 7 nitrogen and oxygen atoms in total. The Balaban J connectivity index is 1.41. The number of nitrogens with zero attached hydrogens (tertiary/aromatic N) is 2. The van der Waals surface area contributed by atoms with Crippen molar-refractivity contribution in [3.8, 4) is 0 Å². The number of aliphatic hydroxyl groups excluding tert-OH is 1. The summed E-state index contributed by atoms with van der Waals surface area (Å²) in [6.45, 7) is 3.35. The van der Waals surface area contributed by atoms with Gasteiger partial charge in [0, 0.05) is 5.56 Å². The third kappa shape index (κ3) is 4.22. The van der Waals surface area contributed by atoms with E-state index < -0.39 is 37.0 Å². The number of amides is 1. The Bertz CT molecular complexity index is 1220. The molecular formula is C28H24N2O5. The highest BCUT2D eigenvalue weighted by atomic mass is 16.6. The summed E-state index contributed by atoms with van der Waals surface area (Å²) >= 11 is 0. The van der Waals surface area contributed by atoms with Crippen LogP contribution in [0.25, 0.3) is 0 Å². The molecule has 1 fully saturated rings. The molecule has 2 heterocycles. The van der Waals surface area contributed by atoms with Gasteiger partial charge in [-0.3, -0.25) is 9.69 Å². The zero-order valence-corrected chi connectivity index (χ0v) is 18.9. The Hall–Kier alpha value is -4.23. The van der Waals surface area contributed by atoms with Crippen molar-refractivity contribution in [1.29, 1.82) is 0 Å². The predicted octanol–water partition coefficient (Wildman–Crippen LogP) is 3.25. The molecule has 5 rings (SSSR count). The molecule has 7 heteroatoms. The van der Waals surface area contributed by atoms with E-state index in [-0.39, 0.29) is 11.5 Å². The highest BCUT2D eigenvalue weighted by Gasteiger charge is 2.58. The fraction of sp³-hybridized carbons (Fsp3) is 0.179. The highest BCUT2D eigenvalue weighted by molar-refractivity contribution is 6.03. The lowest BCUT2D eigenvalue weighted by Gasteiger charge is -2.44. The molecule has 1 unspecified atom stereocenters. The lowest BCUT2D eigenvalue weighted by Crippen LogP contribution is -2.68. The second kappa shape index (κ2) is 9.56. The second-order valence-electron chi connectivity index (χ2n) is 8.36. The molecule has 0 radical (unpaired) electrons. The van der Waals surface area contributed by atoms with Gasteiger partial charge in [0.15, 0.2) is 18.2 Å². The Morgan fingerprint density at radius 1 is 0.971 bits per heavy atom. The Morgan fingerprint density at radius 2 is 1.51 bits per heavy atom. The summed E-state index contributed by atoms with van der Waals surface area (Å²) in [4.78, 5) is 32.2. The molecule has 1 N–H and O–H groups in total. The van der Waals surface area contributed by atoms with Crippen LogP contribution >= 0.6 is 0 Å². The van der Waals surface area contributed by atoms with E-state index in [2.05, 4.69) is 11.6 Å². The number of ether oxygens (including phenoxy) is 2. The molecule has 0 spiro atoms. The summed E-state index contributed by atoms with van der Waals surface area (Å²) in [7, 11) is 0. The normalized spacial score (nSPS) is 19.3. The van der Waals surface area contributed by atoms with E-state index in [4.69, 9.17) is 9.47 Å². The van der Waals surface area contributed by atoms with Crippen molar-refractivity contribution in [2.24, 2.45) is 4.99 Å². The molecule has 1 amide bonds. The lowest BCUT2D eigenvalue weighted by atomic mass is 9.97. The van der Waals surface area contributed by atoms with Crippen LogP contribution in [0.2, 0.25) is 0 Å². The first kappa shape index (κ1) is 22.6. The van der Waals surface area contributed by atoms with E-state index in [1.54, 1.807) is 0 Å². The Labute approximate surface area is 202 Å². The SMILES string of the molecule is C=C(CO)C(C(=O)OC(c1ccccc1)c1ccccc1)N1C(=O)[C@H]2N=C(c3ccccc3)O[C@H]21. The van der Waals surface area contributed by atoms with Gasteiger partial charge in [-0.25, -0.2) is 9.79 Å². The van der Waals surface area contributed by atoms with Gasteiger partial charge in [0.25, 0.3) is 5.91 Å². The van der Waals surface area contributed by atoms with E-state index >= 15 is 0 Å². The van der Waals surface area contributed by atoms with Crippen LogP contribution in [0, 0.1) is 0 Å². The van der Waals surface area contributed by atoms with Gasteiger partial charge in [0.05, 0.1) is 6.61 Å². The van der Waals surface area contributed by atoms with Gasteiger partial charge in [-0.1, -0.05) is 85.4 Å². The summed E-state index contributed by atoms with van der Waals surface area (Å²) in [5, 5.41) is 9.83. The van der Waals surface area contributed by atoms with Gasteiger partial charge < -0.3 is 14.6 Å². The van der Waals surface area contributed by atoms with E-state index in [9.17, 15) is 14.7 Å². The van der Waals surface area contributed by atoms with Crippen LogP contribution in [0.15, 0.2) is 108 Å². The van der Waals surface area contributed by atoms with Gasteiger partial charge in [-0.2, -0.15) is 0 Å². The fourth-order valence-corrected chi connectivity index (χ4v) is 4.31. The maximum absolute atomic E-state index is 13.5. The number of fused-ring (bicyclic) bond motifs is 1. The zero-order valence-electron chi connectivity index (χ0n) is 18.9. The van der Waals surface area contributed by atoms with E-state index in [1.807, 2.05) is 91.0 Å². The molecule has 2 aliphatic heterocycles. The van der Waals surface area contributed by atoms with Crippen molar-refractivity contribution in [3.05, 3.63) is 120 Å². The van der Waals surface area contributed by atoms with Gasteiger partial charge in [0.2, 0.25) is 12.1 Å².